The molecule has 1 aliphatic rings. The van der Waals surface area contributed by atoms with Crippen molar-refractivity contribution >= 4 is 5.97 Å². The van der Waals surface area contributed by atoms with Crippen molar-refractivity contribution in [1.29, 1.82) is 0 Å². The van der Waals surface area contributed by atoms with Crippen molar-refractivity contribution in [3.63, 3.8) is 0 Å². The van der Waals surface area contributed by atoms with E-state index in [0.29, 0.717) is 13.0 Å². The third-order valence-corrected chi connectivity index (χ3v) is 3.66. The number of hydrogen-bond acceptors (Lipinski definition) is 3. The molecule has 1 heterocycles. The van der Waals surface area contributed by atoms with Crippen molar-refractivity contribution in [2.24, 2.45) is 0 Å². The van der Waals surface area contributed by atoms with Gasteiger partial charge in [0.2, 0.25) is 0 Å². The van der Waals surface area contributed by atoms with E-state index < -0.39 is 0 Å². The molecule has 0 saturated heterocycles. The van der Waals surface area contributed by atoms with E-state index in [4.69, 9.17) is 4.74 Å². The van der Waals surface area contributed by atoms with E-state index in [9.17, 15) is 4.79 Å². The molecule has 0 bridgehead atoms. The zero-order valence-electron chi connectivity index (χ0n) is 12.4. The lowest BCUT2D eigenvalue weighted by Crippen LogP contribution is -2.18. The Hall–Kier alpha value is -1.29. The minimum atomic E-state index is -0.0669. The minimum absolute atomic E-state index is 0.0669. The summed E-state index contributed by atoms with van der Waals surface area (Å²) in [6.45, 7) is 4.35. The van der Waals surface area contributed by atoms with Gasteiger partial charge in [-0.15, -0.1) is 0 Å². The molecule has 4 nitrogen and oxygen atoms in total. The van der Waals surface area contributed by atoms with E-state index >= 15 is 0 Å². The lowest BCUT2D eigenvalue weighted by molar-refractivity contribution is -0.143. The van der Waals surface area contributed by atoms with Crippen LogP contribution in [-0.2, 0) is 22.6 Å². The molecule has 1 aliphatic carbocycles. The van der Waals surface area contributed by atoms with Gasteiger partial charge >= 0.3 is 5.97 Å². The molecule has 0 amide bonds. The largest absolute Gasteiger partial charge is 0.466 e. The van der Waals surface area contributed by atoms with Crippen molar-refractivity contribution in [2.75, 3.05) is 6.61 Å². The van der Waals surface area contributed by atoms with Crippen LogP contribution in [-0.4, -0.2) is 23.2 Å². The topological polar surface area (TPSA) is 43.3 Å². The number of hydrogen-bond donors (Lipinski definition) is 1. The van der Waals surface area contributed by atoms with E-state index in [0.717, 1.165) is 38.4 Å². The third kappa shape index (κ3) is 5.37. The first-order chi connectivity index (χ1) is 9.79. The SMILES string of the molecule is CCOC(=O)CCCCCn1cccc1CNC1CC1. The monoisotopic (exact) mass is 278 g/mol. The fraction of sp³-hybridized carbons (Fsp3) is 0.688. The number of carbonyl (C=O) groups is 1. The van der Waals surface area contributed by atoms with Crippen LogP contribution >= 0.6 is 0 Å². The summed E-state index contributed by atoms with van der Waals surface area (Å²) in [5.74, 6) is -0.0669. The summed E-state index contributed by atoms with van der Waals surface area (Å²) in [6, 6.07) is 5.05. The fourth-order valence-corrected chi connectivity index (χ4v) is 2.33. The Labute approximate surface area is 121 Å². The molecule has 1 saturated carbocycles. The predicted molar refractivity (Wildman–Crippen MR) is 79.4 cm³/mol. The van der Waals surface area contributed by atoms with Crippen LogP contribution in [0.1, 0.15) is 51.1 Å². The molecule has 1 aromatic heterocycles. The second-order valence-corrected chi connectivity index (χ2v) is 5.46. The first-order valence-corrected chi connectivity index (χ1v) is 7.82. The Kier molecular flexibility index (Phi) is 6.12. The van der Waals surface area contributed by atoms with Crippen LogP contribution in [0, 0.1) is 0 Å². The predicted octanol–water partition coefficient (Wildman–Crippen LogP) is 2.86. The van der Waals surface area contributed by atoms with Gasteiger partial charge in [0.05, 0.1) is 6.61 Å². The number of unbranched alkanes of at least 4 members (excludes halogenated alkanes) is 2. The lowest BCUT2D eigenvalue weighted by Gasteiger charge is -2.10. The summed E-state index contributed by atoms with van der Waals surface area (Å²) in [5, 5.41) is 3.55. The average molecular weight is 278 g/mol. The summed E-state index contributed by atoms with van der Waals surface area (Å²) in [5.41, 5.74) is 1.36. The molecule has 0 aliphatic heterocycles. The maximum absolute atomic E-state index is 11.2. The van der Waals surface area contributed by atoms with Crippen LogP contribution in [0.25, 0.3) is 0 Å². The summed E-state index contributed by atoms with van der Waals surface area (Å²) >= 11 is 0. The van der Waals surface area contributed by atoms with Crippen molar-refractivity contribution in [1.82, 2.24) is 9.88 Å². The number of aryl methyl sites for hydroxylation is 1. The highest BCUT2D eigenvalue weighted by atomic mass is 16.5. The van der Waals surface area contributed by atoms with Gasteiger partial charge in [-0.1, -0.05) is 6.42 Å². The zero-order valence-corrected chi connectivity index (χ0v) is 12.4. The highest BCUT2D eigenvalue weighted by Gasteiger charge is 2.20. The van der Waals surface area contributed by atoms with Gasteiger partial charge in [-0.25, -0.2) is 0 Å². The maximum Gasteiger partial charge on any atom is 0.305 e. The van der Waals surface area contributed by atoms with Crippen LogP contribution in [0.15, 0.2) is 18.3 Å². The standard InChI is InChI=1S/C16H26N2O2/c1-2-20-16(19)8-4-3-5-11-18-12-6-7-15(18)13-17-14-9-10-14/h6-7,12,14,17H,2-5,8-11,13H2,1H3. The minimum Gasteiger partial charge on any atom is -0.466 e. The van der Waals surface area contributed by atoms with Crippen LogP contribution in [0.4, 0.5) is 0 Å². The van der Waals surface area contributed by atoms with Gasteiger partial charge in [0.15, 0.2) is 0 Å². The number of aromatic nitrogens is 1. The Bertz CT molecular complexity index is 410. The molecule has 0 unspecified atom stereocenters. The Morgan fingerprint density at radius 1 is 1.40 bits per heavy atom. The van der Waals surface area contributed by atoms with Gasteiger partial charge in [-0.05, 0) is 44.7 Å². The molecule has 0 radical (unpaired) electrons. The number of ether oxygens (including phenoxy) is 1. The van der Waals surface area contributed by atoms with Gasteiger partial charge in [-0.2, -0.15) is 0 Å². The summed E-state index contributed by atoms with van der Waals surface area (Å²) in [6.07, 6.45) is 8.47. The Balaban J connectivity index is 1.58. The second-order valence-electron chi connectivity index (χ2n) is 5.46. The lowest BCUT2D eigenvalue weighted by atomic mass is 10.2. The molecule has 1 fully saturated rings. The van der Waals surface area contributed by atoms with Gasteiger partial charge in [0.1, 0.15) is 0 Å². The Morgan fingerprint density at radius 2 is 2.25 bits per heavy atom. The highest BCUT2D eigenvalue weighted by molar-refractivity contribution is 5.69. The van der Waals surface area contributed by atoms with Crippen molar-refractivity contribution < 1.29 is 9.53 Å². The van der Waals surface area contributed by atoms with E-state index in [1.165, 1.54) is 18.5 Å². The van der Waals surface area contributed by atoms with Crippen molar-refractivity contribution in [2.45, 2.75) is 64.6 Å². The fourth-order valence-electron chi connectivity index (χ4n) is 2.33. The zero-order chi connectivity index (χ0) is 14.2. The van der Waals surface area contributed by atoms with Gasteiger partial charge in [-0.3, -0.25) is 4.79 Å². The quantitative estimate of drug-likeness (QED) is 0.528. The smallest absolute Gasteiger partial charge is 0.305 e. The molecule has 20 heavy (non-hydrogen) atoms. The number of carbonyl (C=O) groups excluding carboxylic acids is 1. The maximum atomic E-state index is 11.2. The molecule has 1 aromatic rings. The van der Waals surface area contributed by atoms with Crippen LogP contribution in [0.5, 0.6) is 0 Å². The molecular formula is C16H26N2O2. The third-order valence-electron chi connectivity index (χ3n) is 3.66. The van der Waals surface area contributed by atoms with Gasteiger partial charge in [0, 0.05) is 37.4 Å². The van der Waals surface area contributed by atoms with E-state index in [1.807, 2.05) is 6.92 Å². The highest BCUT2D eigenvalue weighted by Crippen LogP contribution is 2.19. The van der Waals surface area contributed by atoms with E-state index in [1.54, 1.807) is 0 Å². The van der Waals surface area contributed by atoms with Crippen LogP contribution in [0.2, 0.25) is 0 Å². The van der Waals surface area contributed by atoms with Crippen LogP contribution < -0.4 is 5.32 Å². The van der Waals surface area contributed by atoms with Gasteiger partial charge < -0.3 is 14.6 Å². The summed E-state index contributed by atoms with van der Waals surface area (Å²) in [7, 11) is 0. The Morgan fingerprint density at radius 3 is 3.00 bits per heavy atom. The molecule has 112 valence electrons. The molecular weight excluding hydrogens is 252 g/mol. The van der Waals surface area contributed by atoms with E-state index in [-0.39, 0.29) is 5.97 Å². The molecule has 0 aromatic carbocycles. The summed E-state index contributed by atoms with van der Waals surface area (Å²) in [4.78, 5) is 11.2. The molecule has 1 N–H and O–H groups in total. The van der Waals surface area contributed by atoms with E-state index in [2.05, 4.69) is 28.2 Å². The van der Waals surface area contributed by atoms with Crippen LogP contribution in [0.3, 0.4) is 0 Å². The second kappa shape index (κ2) is 8.10. The number of nitrogens with one attached hydrogen (secondary N) is 1. The average Bonchev–Trinajstić information content (AvgIpc) is 3.16. The number of nitrogens with zero attached hydrogens (tertiary/aromatic N) is 1. The van der Waals surface area contributed by atoms with Crippen molar-refractivity contribution in [3.8, 4) is 0 Å². The number of rotatable bonds is 10. The molecule has 0 spiro atoms. The first kappa shape index (κ1) is 15.1. The molecule has 0 atom stereocenters. The number of esters is 1. The molecule has 2 rings (SSSR count). The summed E-state index contributed by atoms with van der Waals surface area (Å²) < 4.78 is 7.24. The molecule has 4 heteroatoms. The first-order valence-electron chi connectivity index (χ1n) is 7.82. The van der Waals surface area contributed by atoms with Crippen molar-refractivity contribution in [3.05, 3.63) is 24.0 Å². The van der Waals surface area contributed by atoms with Gasteiger partial charge in [0.25, 0.3) is 0 Å². The normalized spacial score (nSPS) is 14.4.